The number of carbonyl (C=O) groups is 1. The molecule has 10 heteroatoms. The molecule has 1 rings (SSSR count). The van der Waals surface area contributed by atoms with Gasteiger partial charge in [-0.1, -0.05) is 45.6 Å². The Hall–Kier alpha value is -1.11. The highest BCUT2D eigenvalue weighted by atomic mass is 16.5. The molecule has 0 amide bonds. The Morgan fingerprint density at radius 2 is 0.685 bits per heavy atom. The fourth-order valence-electron chi connectivity index (χ4n) is 7.60. The molecule has 0 saturated carbocycles. The van der Waals surface area contributed by atoms with Crippen molar-refractivity contribution in [2.45, 2.75) is 256 Å². The van der Waals surface area contributed by atoms with Gasteiger partial charge in [0.15, 0.2) is 0 Å². The summed E-state index contributed by atoms with van der Waals surface area (Å²) < 4.78 is 5.87. The number of esters is 1. The Balaban J connectivity index is 2.64. The van der Waals surface area contributed by atoms with Crippen LogP contribution in [0, 0.1) is 5.41 Å². The minimum atomic E-state index is -0.552. The van der Waals surface area contributed by atoms with Crippen molar-refractivity contribution in [1.29, 1.82) is 0 Å². The second kappa shape index (κ2) is 30.0. The summed E-state index contributed by atoms with van der Waals surface area (Å²) in [7, 11) is 0. The molecule has 0 spiro atoms. The zero-order valence-electron chi connectivity index (χ0n) is 34.8. The van der Waals surface area contributed by atoms with Crippen LogP contribution in [0.3, 0.4) is 0 Å². The standard InChI is InChI=1S/C44H84O10/c1-33-31-41(52)16-7-5-6-15-34(45)17-8-18-35(46)19-9-20-36(47)21-10-22-37(48)23-11-24-38(49)25-12-26-39(50)27-13-28-40(51)29-14-30-42(44(2,3)4)54-43(53)32-33/h32,34-42,45-52H,5-31H2,1-4H3. The summed E-state index contributed by atoms with van der Waals surface area (Å²) in [6.45, 7) is 7.94. The predicted molar refractivity (Wildman–Crippen MR) is 216 cm³/mol. The van der Waals surface area contributed by atoms with Gasteiger partial charge < -0.3 is 45.6 Å². The quantitative estimate of drug-likeness (QED) is 0.116. The fraction of sp³-hybridized carbons (Fsp3) is 0.932. The van der Waals surface area contributed by atoms with Crippen molar-refractivity contribution in [3.05, 3.63) is 11.6 Å². The van der Waals surface area contributed by atoms with Gasteiger partial charge in [0, 0.05) is 6.08 Å². The largest absolute Gasteiger partial charge is 0.459 e. The summed E-state index contributed by atoms with van der Waals surface area (Å²) in [6, 6.07) is 0. The molecule has 0 aromatic rings. The Bertz CT molecular complexity index is 952. The van der Waals surface area contributed by atoms with E-state index in [-0.39, 0.29) is 11.5 Å². The van der Waals surface area contributed by atoms with Crippen LogP contribution < -0.4 is 0 Å². The third-order valence-electron chi connectivity index (χ3n) is 11.2. The first kappa shape index (κ1) is 50.9. The van der Waals surface area contributed by atoms with Crippen LogP contribution in [0.1, 0.15) is 201 Å². The maximum absolute atomic E-state index is 12.8. The maximum Gasteiger partial charge on any atom is 0.330 e. The first-order chi connectivity index (χ1) is 25.5. The zero-order chi connectivity index (χ0) is 40.4. The van der Waals surface area contributed by atoms with Crippen LogP contribution in [0.4, 0.5) is 0 Å². The highest BCUT2D eigenvalue weighted by Gasteiger charge is 2.28. The Kier molecular flexibility index (Phi) is 28.3. The highest BCUT2D eigenvalue weighted by Crippen LogP contribution is 2.28. The van der Waals surface area contributed by atoms with Gasteiger partial charge in [0.2, 0.25) is 0 Å². The van der Waals surface area contributed by atoms with Gasteiger partial charge in [-0.25, -0.2) is 4.79 Å². The van der Waals surface area contributed by atoms with Crippen molar-refractivity contribution in [3.63, 3.8) is 0 Å². The van der Waals surface area contributed by atoms with E-state index in [2.05, 4.69) is 0 Å². The van der Waals surface area contributed by atoms with Gasteiger partial charge >= 0.3 is 5.97 Å². The van der Waals surface area contributed by atoms with E-state index in [9.17, 15) is 45.6 Å². The molecule has 0 radical (unpaired) electrons. The van der Waals surface area contributed by atoms with Crippen LogP contribution in [-0.4, -0.2) is 102 Å². The fourth-order valence-corrected chi connectivity index (χ4v) is 7.60. The smallest absolute Gasteiger partial charge is 0.330 e. The van der Waals surface area contributed by atoms with E-state index >= 15 is 0 Å². The van der Waals surface area contributed by atoms with E-state index in [1.807, 2.05) is 27.7 Å². The molecule has 0 aromatic carbocycles. The number of cyclic esters (lactones) is 1. The molecular formula is C44H84O10. The summed E-state index contributed by atoms with van der Waals surface area (Å²) in [5.41, 5.74) is 0.496. The Morgan fingerprint density at radius 3 is 0.981 bits per heavy atom. The number of hydrogen-bond acceptors (Lipinski definition) is 10. The lowest BCUT2D eigenvalue weighted by molar-refractivity contribution is -0.149. The third kappa shape index (κ3) is 28.3. The number of hydrogen-bond donors (Lipinski definition) is 8. The normalized spacial score (nSPS) is 33.5. The summed E-state index contributed by atoms with van der Waals surface area (Å²) in [6.07, 6.45) is 15.4. The van der Waals surface area contributed by atoms with Crippen LogP contribution in [-0.2, 0) is 9.53 Å². The molecule has 0 bridgehead atoms. The van der Waals surface area contributed by atoms with Crippen LogP contribution in [0.15, 0.2) is 11.6 Å². The second-order valence-corrected chi connectivity index (χ2v) is 17.9. The van der Waals surface area contributed by atoms with Gasteiger partial charge in [-0.3, -0.25) is 0 Å². The lowest BCUT2D eigenvalue weighted by Crippen LogP contribution is -2.31. The summed E-state index contributed by atoms with van der Waals surface area (Å²) in [5.74, 6) is -0.416. The van der Waals surface area contributed by atoms with E-state index in [1.54, 1.807) is 0 Å². The van der Waals surface area contributed by atoms with Crippen molar-refractivity contribution < 1.29 is 50.4 Å². The van der Waals surface area contributed by atoms with Gasteiger partial charge in [0.25, 0.3) is 0 Å². The number of aliphatic hydroxyl groups is 8. The van der Waals surface area contributed by atoms with Crippen molar-refractivity contribution in [2.24, 2.45) is 5.41 Å². The molecule has 0 aromatic heterocycles. The topological polar surface area (TPSA) is 188 Å². The molecule has 1 aliphatic rings. The van der Waals surface area contributed by atoms with Gasteiger partial charge in [0.05, 0.1) is 48.8 Å². The number of ether oxygens (including phenoxy) is 1. The molecule has 9 atom stereocenters. The first-order valence-electron chi connectivity index (χ1n) is 21.9. The minimum absolute atomic E-state index is 0.271. The van der Waals surface area contributed by atoms with E-state index in [0.717, 1.165) is 50.5 Å². The monoisotopic (exact) mass is 773 g/mol. The molecule has 1 heterocycles. The van der Waals surface area contributed by atoms with Crippen LogP contribution in [0.25, 0.3) is 0 Å². The average Bonchev–Trinajstić information content (AvgIpc) is 3.06. The lowest BCUT2D eigenvalue weighted by Gasteiger charge is -2.30. The summed E-state index contributed by atoms with van der Waals surface area (Å²) >= 11 is 0. The van der Waals surface area contributed by atoms with Gasteiger partial charge in [0.1, 0.15) is 6.10 Å². The molecule has 1 aliphatic heterocycles. The minimum Gasteiger partial charge on any atom is -0.459 e. The van der Waals surface area contributed by atoms with E-state index < -0.39 is 54.8 Å². The zero-order valence-corrected chi connectivity index (χ0v) is 34.8. The molecule has 54 heavy (non-hydrogen) atoms. The van der Waals surface area contributed by atoms with Gasteiger partial charge in [-0.2, -0.15) is 0 Å². The van der Waals surface area contributed by atoms with Crippen molar-refractivity contribution >= 4 is 5.97 Å². The van der Waals surface area contributed by atoms with Crippen molar-refractivity contribution in [1.82, 2.24) is 0 Å². The Labute approximate surface area is 328 Å². The first-order valence-corrected chi connectivity index (χ1v) is 21.9. The molecule has 8 N–H and O–H groups in total. The average molecular weight is 773 g/mol. The molecule has 9 unspecified atom stereocenters. The number of aliphatic hydroxyl groups excluding tert-OH is 8. The summed E-state index contributed by atoms with van der Waals surface area (Å²) in [5, 5.41) is 83.5. The van der Waals surface area contributed by atoms with Crippen LogP contribution in [0.2, 0.25) is 0 Å². The van der Waals surface area contributed by atoms with Crippen LogP contribution in [0.5, 0.6) is 0 Å². The SMILES string of the molecule is CC1=CC(=O)OC(C(C)(C)C)CCCC(O)CCCC(O)CCCC(O)CCCC(O)CCCC(O)CCCC(O)CCCC(O)CCCCCC(O)C1. The molecule has 0 fully saturated rings. The van der Waals surface area contributed by atoms with E-state index in [1.165, 1.54) is 6.08 Å². The van der Waals surface area contributed by atoms with E-state index in [0.29, 0.717) is 128 Å². The highest BCUT2D eigenvalue weighted by molar-refractivity contribution is 5.82. The van der Waals surface area contributed by atoms with Crippen LogP contribution >= 0.6 is 0 Å². The number of rotatable bonds is 0. The summed E-state index contributed by atoms with van der Waals surface area (Å²) in [4.78, 5) is 12.8. The molecular weight excluding hydrogens is 688 g/mol. The molecule has 0 aliphatic carbocycles. The molecule has 0 saturated heterocycles. The van der Waals surface area contributed by atoms with Gasteiger partial charge in [-0.05, 0) is 166 Å². The maximum atomic E-state index is 12.8. The van der Waals surface area contributed by atoms with Gasteiger partial charge in [-0.15, -0.1) is 0 Å². The van der Waals surface area contributed by atoms with Crippen molar-refractivity contribution in [2.75, 3.05) is 0 Å². The third-order valence-corrected chi connectivity index (χ3v) is 11.2. The second-order valence-electron chi connectivity index (χ2n) is 17.9. The lowest BCUT2D eigenvalue weighted by atomic mass is 9.85. The number of carbonyl (C=O) groups excluding carboxylic acids is 1. The Morgan fingerprint density at radius 1 is 0.426 bits per heavy atom. The predicted octanol–water partition coefficient (Wildman–Crippen LogP) is 7.32. The van der Waals surface area contributed by atoms with Crippen molar-refractivity contribution in [3.8, 4) is 0 Å². The van der Waals surface area contributed by atoms with E-state index in [4.69, 9.17) is 4.74 Å². The molecule has 10 nitrogen and oxygen atoms in total. The molecule has 320 valence electrons.